The molecule has 0 radical (unpaired) electrons. The van der Waals surface area contributed by atoms with Crippen LogP contribution in [0.2, 0.25) is 0 Å². The van der Waals surface area contributed by atoms with E-state index in [2.05, 4.69) is 36.3 Å². The third kappa shape index (κ3) is 9.57. The molecular weight excluding hydrogens is 578 g/mol. The van der Waals surface area contributed by atoms with Crippen molar-refractivity contribution in [2.45, 2.75) is 163 Å². The molecule has 2 N–H and O–H groups in total. The SMILES string of the molecule is C/C(=C\C(C(C)C)N(C)C(=O)C(NC(=O)[C@H]1CCCCN1C(C)C)C(C)(C)C)C(=O)N1CCCC1C(=O)N[C@H](C)C1CCCCC1. The fourth-order valence-corrected chi connectivity index (χ4v) is 7.75. The standard InChI is InChI=1S/C37H65N5O4/c1-24(2)31(40(10)36(46)32(37(7,8)9)39-34(44)29-19-14-15-21-41(29)25(3)4)23-26(5)35(45)42-22-16-20-30(42)33(43)38-27(6)28-17-12-11-13-18-28/h23-25,27-32H,11-22H2,1-10H3,(H,38,43)(H,39,44)/b26-23+/t27-,29-,30?,31?,32?/m1/s1. The molecular formula is C37H65N5O4. The second kappa shape index (κ2) is 16.6. The van der Waals surface area contributed by atoms with Gasteiger partial charge in [0.2, 0.25) is 23.6 Å². The van der Waals surface area contributed by atoms with Crippen molar-refractivity contribution in [2.75, 3.05) is 20.1 Å². The third-order valence-corrected chi connectivity index (χ3v) is 10.7. The van der Waals surface area contributed by atoms with Gasteiger partial charge >= 0.3 is 0 Å². The van der Waals surface area contributed by atoms with Crippen LogP contribution >= 0.6 is 0 Å². The van der Waals surface area contributed by atoms with Crippen LogP contribution < -0.4 is 10.6 Å². The summed E-state index contributed by atoms with van der Waals surface area (Å²) in [6.07, 6.45) is 12.2. The monoisotopic (exact) mass is 644 g/mol. The summed E-state index contributed by atoms with van der Waals surface area (Å²) in [7, 11) is 1.77. The first kappa shape index (κ1) is 38.0. The van der Waals surface area contributed by atoms with Crippen molar-refractivity contribution < 1.29 is 19.2 Å². The summed E-state index contributed by atoms with van der Waals surface area (Å²) in [5.74, 6) is 0.0656. The first-order valence-corrected chi connectivity index (χ1v) is 18.2. The van der Waals surface area contributed by atoms with Gasteiger partial charge in [0, 0.05) is 31.2 Å². The Labute approximate surface area is 279 Å². The molecule has 0 aromatic heterocycles. The smallest absolute Gasteiger partial charge is 0.249 e. The largest absolute Gasteiger partial charge is 0.352 e. The first-order valence-electron chi connectivity index (χ1n) is 18.2. The highest BCUT2D eigenvalue weighted by Gasteiger charge is 2.41. The van der Waals surface area contributed by atoms with E-state index in [1.807, 2.05) is 40.7 Å². The molecule has 0 aromatic rings. The van der Waals surface area contributed by atoms with Crippen LogP contribution in [-0.4, -0.2) is 94.7 Å². The Bertz CT molecular complexity index is 1090. The lowest BCUT2D eigenvalue weighted by Gasteiger charge is -2.41. The van der Waals surface area contributed by atoms with Crippen molar-refractivity contribution in [3.63, 3.8) is 0 Å². The minimum Gasteiger partial charge on any atom is -0.352 e. The molecule has 3 rings (SSSR count). The second-order valence-corrected chi connectivity index (χ2v) is 16.0. The normalized spacial score (nSPS) is 24.1. The Hall–Kier alpha value is -2.42. The van der Waals surface area contributed by atoms with E-state index >= 15 is 0 Å². The average Bonchev–Trinajstić information content (AvgIpc) is 3.51. The van der Waals surface area contributed by atoms with E-state index in [-0.39, 0.29) is 53.7 Å². The summed E-state index contributed by atoms with van der Waals surface area (Å²) in [4.78, 5) is 60.7. The molecule has 0 bridgehead atoms. The van der Waals surface area contributed by atoms with Crippen LogP contribution in [0.5, 0.6) is 0 Å². The van der Waals surface area contributed by atoms with E-state index in [4.69, 9.17) is 0 Å². The molecule has 46 heavy (non-hydrogen) atoms. The van der Waals surface area contributed by atoms with Gasteiger partial charge in [-0.25, -0.2) is 0 Å². The van der Waals surface area contributed by atoms with Crippen molar-refractivity contribution in [1.29, 1.82) is 0 Å². The number of hydrogen-bond acceptors (Lipinski definition) is 5. The highest BCUT2D eigenvalue weighted by atomic mass is 16.2. The molecule has 5 atom stereocenters. The summed E-state index contributed by atoms with van der Waals surface area (Å²) >= 11 is 0. The van der Waals surface area contributed by atoms with Crippen LogP contribution in [0.4, 0.5) is 0 Å². The quantitative estimate of drug-likeness (QED) is 0.298. The summed E-state index contributed by atoms with van der Waals surface area (Å²) in [5, 5.41) is 6.39. The summed E-state index contributed by atoms with van der Waals surface area (Å²) in [6.45, 7) is 19.6. The van der Waals surface area contributed by atoms with Crippen molar-refractivity contribution >= 4 is 23.6 Å². The van der Waals surface area contributed by atoms with Crippen LogP contribution in [0.3, 0.4) is 0 Å². The maximum atomic E-state index is 14.2. The molecule has 0 spiro atoms. The Kier molecular flexibility index (Phi) is 13.7. The van der Waals surface area contributed by atoms with E-state index in [0.29, 0.717) is 24.5 Å². The third-order valence-electron chi connectivity index (χ3n) is 10.7. The molecule has 9 heteroatoms. The fourth-order valence-electron chi connectivity index (χ4n) is 7.75. The van der Waals surface area contributed by atoms with Gasteiger partial charge in [0.05, 0.1) is 12.1 Å². The second-order valence-electron chi connectivity index (χ2n) is 16.0. The minimum absolute atomic E-state index is 0.0248. The van der Waals surface area contributed by atoms with Crippen LogP contribution in [0.25, 0.3) is 0 Å². The van der Waals surface area contributed by atoms with Gasteiger partial charge in [0.1, 0.15) is 12.1 Å². The van der Waals surface area contributed by atoms with Gasteiger partial charge in [0.15, 0.2) is 0 Å². The Balaban J connectivity index is 1.74. The molecule has 2 heterocycles. The van der Waals surface area contributed by atoms with Gasteiger partial charge in [-0.3, -0.25) is 24.1 Å². The number of amides is 4. The summed E-state index contributed by atoms with van der Waals surface area (Å²) in [5.41, 5.74) is 0.0174. The van der Waals surface area contributed by atoms with Gasteiger partial charge in [-0.1, -0.05) is 66.4 Å². The van der Waals surface area contributed by atoms with E-state index in [1.165, 1.54) is 19.3 Å². The molecule has 1 saturated carbocycles. The molecule has 9 nitrogen and oxygen atoms in total. The van der Waals surface area contributed by atoms with E-state index in [0.717, 1.165) is 45.1 Å². The summed E-state index contributed by atoms with van der Waals surface area (Å²) < 4.78 is 0. The maximum absolute atomic E-state index is 14.2. The zero-order chi connectivity index (χ0) is 34.3. The summed E-state index contributed by atoms with van der Waals surface area (Å²) in [6, 6.07) is -1.43. The van der Waals surface area contributed by atoms with E-state index < -0.39 is 17.5 Å². The lowest BCUT2D eigenvalue weighted by molar-refractivity contribution is -0.142. The molecule has 2 saturated heterocycles. The molecule has 3 fully saturated rings. The molecule has 3 aliphatic rings. The number of carbonyl (C=O) groups excluding carboxylic acids is 4. The van der Waals surface area contributed by atoms with Gasteiger partial charge in [-0.05, 0) is 90.0 Å². The molecule has 262 valence electrons. The minimum atomic E-state index is -0.718. The molecule has 4 amide bonds. The number of nitrogens with one attached hydrogen (secondary N) is 2. The molecule has 0 aromatic carbocycles. The topological polar surface area (TPSA) is 102 Å². The van der Waals surface area contributed by atoms with E-state index in [9.17, 15) is 19.2 Å². The van der Waals surface area contributed by atoms with Crippen LogP contribution in [0.1, 0.15) is 127 Å². The number of likely N-dealkylation sites (N-methyl/N-ethyl adjacent to an activating group) is 1. The molecule has 3 unspecified atom stereocenters. The average molecular weight is 644 g/mol. The predicted molar refractivity (Wildman–Crippen MR) is 185 cm³/mol. The van der Waals surface area contributed by atoms with Crippen LogP contribution in [0.15, 0.2) is 11.6 Å². The number of hydrogen-bond donors (Lipinski definition) is 2. The highest BCUT2D eigenvalue weighted by molar-refractivity contribution is 5.97. The molecule has 2 aliphatic heterocycles. The van der Waals surface area contributed by atoms with Gasteiger partial charge in [0.25, 0.3) is 0 Å². The lowest BCUT2D eigenvalue weighted by atomic mass is 9.84. The number of carbonyl (C=O) groups is 4. The molecule has 1 aliphatic carbocycles. The van der Waals surface area contributed by atoms with Crippen LogP contribution in [0, 0.1) is 17.3 Å². The first-order chi connectivity index (χ1) is 21.5. The number of nitrogens with zero attached hydrogens (tertiary/aromatic N) is 3. The van der Waals surface area contributed by atoms with Gasteiger partial charge in [-0.2, -0.15) is 0 Å². The predicted octanol–water partition coefficient (Wildman–Crippen LogP) is 5.29. The van der Waals surface area contributed by atoms with Crippen molar-refractivity contribution in [3.8, 4) is 0 Å². The van der Waals surface area contributed by atoms with E-state index in [1.54, 1.807) is 23.8 Å². The highest BCUT2D eigenvalue weighted by Crippen LogP contribution is 2.29. The Morgan fingerprint density at radius 3 is 1.96 bits per heavy atom. The van der Waals surface area contributed by atoms with Gasteiger partial charge < -0.3 is 20.4 Å². The number of piperidine rings is 1. The zero-order valence-corrected chi connectivity index (χ0v) is 30.7. The fraction of sp³-hybridized carbons (Fsp3) is 0.838. The number of rotatable bonds is 11. The number of likely N-dealkylation sites (tertiary alicyclic amines) is 2. The maximum Gasteiger partial charge on any atom is 0.249 e. The van der Waals surface area contributed by atoms with Crippen molar-refractivity contribution in [2.24, 2.45) is 17.3 Å². The van der Waals surface area contributed by atoms with Crippen molar-refractivity contribution in [1.82, 2.24) is 25.3 Å². The Morgan fingerprint density at radius 2 is 1.37 bits per heavy atom. The van der Waals surface area contributed by atoms with Crippen LogP contribution in [-0.2, 0) is 19.2 Å². The lowest BCUT2D eigenvalue weighted by Crippen LogP contribution is -2.60. The van der Waals surface area contributed by atoms with Crippen molar-refractivity contribution in [3.05, 3.63) is 11.6 Å². The van der Waals surface area contributed by atoms with Gasteiger partial charge in [-0.15, -0.1) is 0 Å². The zero-order valence-electron chi connectivity index (χ0n) is 30.7. The Morgan fingerprint density at radius 1 is 0.783 bits per heavy atom.